The predicted octanol–water partition coefficient (Wildman–Crippen LogP) is 0.953. The van der Waals surface area contributed by atoms with Gasteiger partial charge in [0.1, 0.15) is 0 Å². The standard InChI is InChI=1S/C10H11N3O2.ClH/c11-4-1-8-9(13-15-10(8)14)7-2-5-12-6-3-7;/h2-3,5-6,13H,1,4,11H2;1H. The summed E-state index contributed by atoms with van der Waals surface area (Å²) < 4.78 is 4.75. The quantitative estimate of drug-likeness (QED) is 0.838. The van der Waals surface area contributed by atoms with E-state index in [1.807, 2.05) is 0 Å². The van der Waals surface area contributed by atoms with Crippen LogP contribution in [0.15, 0.2) is 33.8 Å². The van der Waals surface area contributed by atoms with Gasteiger partial charge in [-0.25, -0.2) is 9.95 Å². The number of nitrogens with two attached hydrogens (primary N) is 1. The Kier molecular flexibility index (Phi) is 4.28. The molecule has 0 radical (unpaired) electrons. The van der Waals surface area contributed by atoms with Gasteiger partial charge in [-0.05, 0) is 25.1 Å². The first-order valence-corrected chi connectivity index (χ1v) is 4.63. The summed E-state index contributed by atoms with van der Waals surface area (Å²) in [5.74, 6) is 0. The van der Waals surface area contributed by atoms with Gasteiger partial charge >= 0.3 is 5.63 Å². The molecule has 0 aliphatic rings. The SMILES string of the molecule is Cl.NCCc1c(-c2ccncc2)[nH]oc1=O. The number of nitrogens with one attached hydrogen (secondary N) is 1. The molecule has 2 rings (SSSR count). The number of aromatic amines is 1. The lowest BCUT2D eigenvalue weighted by Gasteiger charge is -1.98. The molecule has 0 aliphatic carbocycles. The average molecular weight is 242 g/mol. The third-order valence-electron chi connectivity index (χ3n) is 2.16. The molecule has 0 saturated heterocycles. The summed E-state index contributed by atoms with van der Waals surface area (Å²) >= 11 is 0. The molecular weight excluding hydrogens is 230 g/mol. The van der Waals surface area contributed by atoms with Crippen molar-refractivity contribution >= 4 is 12.4 Å². The van der Waals surface area contributed by atoms with E-state index >= 15 is 0 Å². The highest BCUT2D eigenvalue weighted by Crippen LogP contribution is 2.18. The number of aromatic nitrogens is 2. The normalized spacial score (nSPS) is 9.81. The van der Waals surface area contributed by atoms with Crippen LogP contribution < -0.4 is 11.4 Å². The van der Waals surface area contributed by atoms with Crippen LogP contribution in [0.2, 0.25) is 0 Å². The molecule has 0 fully saturated rings. The molecule has 0 bridgehead atoms. The molecule has 2 aromatic rings. The number of rotatable bonds is 3. The van der Waals surface area contributed by atoms with Gasteiger partial charge in [0.15, 0.2) is 0 Å². The molecule has 86 valence electrons. The van der Waals surface area contributed by atoms with Crippen LogP contribution >= 0.6 is 12.4 Å². The van der Waals surface area contributed by atoms with Crippen molar-refractivity contribution in [2.24, 2.45) is 5.73 Å². The van der Waals surface area contributed by atoms with Crippen molar-refractivity contribution in [3.63, 3.8) is 0 Å². The smallest absolute Gasteiger partial charge is 0.338 e. The fourth-order valence-corrected chi connectivity index (χ4v) is 1.45. The van der Waals surface area contributed by atoms with Gasteiger partial charge in [-0.1, -0.05) is 0 Å². The maximum absolute atomic E-state index is 11.3. The average Bonchev–Trinajstić information content (AvgIpc) is 2.63. The minimum Gasteiger partial charge on any atom is -0.338 e. The first-order valence-electron chi connectivity index (χ1n) is 4.63. The zero-order valence-electron chi connectivity index (χ0n) is 8.47. The number of hydrogen-bond donors (Lipinski definition) is 2. The second-order valence-electron chi connectivity index (χ2n) is 3.12. The molecule has 0 aromatic carbocycles. The van der Waals surface area contributed by atoms with E-state index in [0.29, 0.717) is 24.2 Å². The fraction of sp³-hybridized carbons (Fsp3) is 0.200. The Morgan fingerprint density at radius 3 is 2.69 bits per heavy atom. The molecule has 0 unspecified atom stereocenters. The molecule has 0 atom stereocenters. The maximum atomic E-state index is 11.3. The van der Waals surface area contributed by atoms with Gasteiger partial charge in [0, 0.05) is 18.0 Å². The number of H-pyrrole nitrogens is 1. The number of halogens is 1. The lowest BCUT2D eigenvalue weighted by molar-refractivity contribution is 0.392. The number of nitrogens with zero attached hydrogens (tertiary/aromatic N) is 1. The van der Waals surface area contributed by atoms with Crippen LogP contribution in [0.25, 0.3) is 11.3 Å². The van der Waals surface area contributed by atoms with Crippen molar-refractivity contribution < 1.29 is 4.52 Å². The molecule has 2 aromatic heterocycles. The minimum absolute atomic E-state index is 0. The summed E-state index contributed by atoms with van der Waals surface area (Å²) in [5.41, 5.74) is 7.22. The van der Waals surface area contributed by atoms with Crippen LogP contribution in [0, 0.1) is 0 Å². The Balaban J connectivity index is 0.00000128. The van der Waals surface area contributed by atoms with Gasteiger partial charge in [0.2, 0.25) is 0 Å². The van der Waals surface area contributed by atoms with E-state index in [1.54, 1.807) is 24.5 Å². The molecule has 0 saturated carbocycles. The minimum atomic E-state index is -0.354. The van der Waals surface area contributed by atoms with E-state index in [1.165, 1.54) is 0 Å². The van der Waals surface area contributed by atoms with E-state index in [0.717, 1.165) is 5.56 Å². The van der Waals surface area contributed by atoms with E-state index in [-0.39, 0.29) is 18.0 Å². The molecule has 16 heavy (non-hydrogen) atoms. The molecule has 2 heterocycles. The van der Waals surface area contributed by atoms with E-state index in [4.69, 9.17) is 10.3 Å². The Morgan fingerprint density at radius 2 is 2.06 bits per heavy atom. The van der Waals surface area contributed by atoms with Crippen molar-refractivity contribution in [2.75, 3.05) is 6.54 Å². The maximum Gasteiger partial charge on any atom is 0.361 e. The molecule has 3 N–H and O–H groups in total. The summed E-state index contributed by atoms with van der Waals surface area (Å²) in [4.78, 5) is 15.2. The topological polar surface area (TPSA) is 84.9 Å². The van der Waals surface area contributed by atoms with E-state index in [2.05, 4.69) is 10.1 Å². The first-order chi connectivity index (χ1) is 7.33. The number of hydrogen-bond acceptors (Lipinski definition) is 4. The monoisotopic (exact) mass is 241 g/mol. The lowest BCUT2D eigenvalue weighted by atomic mass is 10.1. The summed E-state index contributed by atoms with van der Waals surface area (Å²) in [5, 5.41) is 2.60. The second-order valence-corrected chi connectivity index (χ2v) is 3.12. The van der Waals surface area contributed by atoms with Crippen molar-refractivity contribution in [3.8, 4) is 11.3 Å². The number of pyridine rings is 1. The van der Waals surface area contributed by atoms with Crippen LogP contribution in [-0.2, 0) is 6.42 Å². The Labute approximate surface area is 98.1 Å². The molecule has 0 amide bonds. The zero-order valence-corrected chi connectivity index (χ0v) is 9.29. The van der Waals surface area contributed by atoms with Crippen molar-refractivity contribution in [2.45, 2.75) is 6.42 Å². The summed E-state index contributed by atoms with van der Waals surface area (Å²) in [6.07, 6.45) is 3.82. The molecule has 5 nitrogen and oxygen atoms in total. The largest absolute Gasteiger partial charge is 0.361 e. The van der Waals surface area contributed by atoms with Crippen LogP contribution in [0.3, 0.4) is 0 Å². The highest BCUT2D eigenvalue weighted by molar-refractivity contribution is 5.85. The van der Waals surface area contributed by atoms with E-state index < -0.39 is 0 Å². The Morgan fingerprint density at radius 1 is 1.38 bits per heavy atom. The van der Waals surface area contributed by atoms with Gasteiger partial charge in [-0.2, -0.15) is 0 Å². The fourth-order valence-electron chi connectivity index (χ4n) is 1.45. The summed E-state index contributed by atoms with van der Waals surface area (Å²) in [6, 6.07) is 3.61. The van der Waals surface area contributed by atoms with E-state index in [9.17, 15) is 4.79 Å². The highest BCUT2D eigenvalue weighted by atomic mass is 35.5. The van der Waals surface area contributed by atoms with Crippen molar-refractivity contribution in [3.05, 3.63) is 40.5 Å². The van der Waals surface area contributed by atoms with Crippen LogP contribution in [0.5, 0.6) is 0 Å². The molecule has 0 aliphatic heterocycles. The third-order valence-corrected chi connectivity index (χ3v) is 2.16. The lowest BCUT2D eigenvalue weighted by Crippen LogP contribution is -2.10. The van der Waals surface area contributed by atoms with Crippen LogP contribution in [-0.4, -0.2) is 16.7 Å². The first kappa shape index (κ1) is 12.5. The van der Waals surface area contributed by atoms with Crippen LogP contribution in [0.4, 0.5) is 0 Å². The van der Waals surface area contributed by atoms with Crippen molar-refractivity contribution in [1.82, 2.24) is 10.1 Å². The Bertz CT molecular complexity index is 492. The van der Waals surface area contributed by atoms with Crippen LogP contribution in [0.1, 0.15) is 5.56 Å². The van der Waals surface area contributed by atoms with Gasteiger partial charge < -0.3 is 10.3 Å². The summed E-state index contributed by atoms with van der Waals surface area (Å²) in [6.45, 7) is 0.417. The van der Waals surface area contributed by atoms with Gasteiger partial charge in [-0.3, -0.25) is 4.98 Å². The van der Waals surface area contributed by atoms with Gasteiger partial charge in [0.05, 0.1) is 11.3 Å². The van der Waals surface area contributed by atoms with Gasteiger partial charge in [0.25, 0.3) is 0 Å². The van der Waals surface area contributed by atoms with Gasteiger partial charge in [-0.15, -0.1) is 12.4 Å². The third kappa shape index (κ3) is 2.32. The predicted molar refractivity (Wildman–Crippen MR) is 62.6 cm³/mol. The Hall–Kier alpha value is -1.59. The molecule has 6 heteroatoms. The second kappa shape index (κ2) is 5.48. The highest BCUT2D eigenvalue weighted by Gasteiger charge is 2.12. The molecule has 0 spiro atoms. The molecular formula is C10H12ClN3O2. The summed E-state index contributed by atoms with van der Waals surface area (Å²) in [7, 11) is 0. The van der Waals surface area contributed by atoms with Crippen molar-refractivity contribution in [1.29, 1.82) is 0 Å². The zero-order chi connectivity index (χ0) is 10.7.